The number of rotatable bonds is 4. The summed E-state index contributed by atoms with van der Waals surface area (Å²) in [4.78, 5) is 25.4. The Kier molecular flexibility index (Phi) is 4.84. The van der Waals surface area contributed by atoms with Crippen molar-refractivity contribution in [2.45, 2.75) is 26.3 Å². The van der Waals surface area contributed by atoms with E-state index in [1.807, 2.05) is 29.7 Å². The first-order chi connectivity index (χ1) is 9.61. The van der Waals surface area contributed by atoms with E-state index in [0.29, 0.717) is 5.75 Å². The lowest BCUT2D eigenvalue weighted by atomic mass is 10.1. The fourth-order valence-electron chi connectivity index (χ4n) is 1.93. The third-order valence-electron chi connectivity index (χ3n) is 3.24. The first kappa shape index (κ1) is 14.7. The SMILES string of the molecule is CCc1ccc(NC(=O)C(C)N2C=CSCC2=O)cc1. The van der Waals surface area contributed by atoms with Crippen molar-refractivity contribution in [2.75, 3.05) is 11.1 Å². The summed E-state index contributed by atoms with van der Waals surface area (Å²) in [5.41, 5.74) is 1.98. The maximum atomic E-state index is 12.2. The molecule has 1 N–H and O–H groups in total. The molecule has 1 heterocycles. The molecule has 1 aliphatic heterocycles. The van der Waals surface area contributed by atoms with Crippen LogP contribution >= 0.6 is 11.8 Å². The second-order valence-corrected chi connectivity index (χ2v) is 5.51. The van der Waals surface area contributed by atoms with Crippen molar-refractivity contribution in [3.63, 3.8) is 0 Å². The van der Waals surface area contributed by atoms with Crippen LogP contribution in [-0.4, -0.2) is 28.5 Å². The first-order valence-electron chi connectivity index (χ1n) is 6.61. The molecule has 5 heteroatoms. The molecule has 0 aromatic heterocycles. The number of aryl methyl sites for hydroxylation is 1. The Morgan fingerprint density at radius 1 is 1.40 bits per heavy atom. The molecule has 0 radical (unpaired) electrons. The van der Waals surface area contributed by atoms with Gasteiger partial charge in [0.2, 0.25) is 11.8 Å². The van der Waals surface area contributed by atoms with Gasteiger partial charge in [-0.25, -0.2) is 0 Å². The second kappa shape index (κ2) is 6.61. The van der Waals surface area contributed by atoms with Crippen molar-refractivity contribution >= 4 is 29.3 Å². The van der Waals surface area contributed by atoms with Gasteiger partial charge in [0.05, 0.1) is 5.75 Å². The van der Waals surface area contributed by atoms with E-state index in [1.165, 1.54) is 22.2 Å². The third-order valence-corrected chi connectivity index (χ3v) is 3.97. The van der Waals surface area contributed by atoms with Gasteiger partial charge in [-0.05, 0) is 36.4 Å². The summed E-state index contributed by atoms with van der Waals surface area (Å²) in [6.07, 6.45) is 2.64. The van der Waals surface area contributed by atoms with Crippen molar-refractivity contribution in [2.24, 2.45) is 0 Å². The average Bonchev–Trinajstić information content (AvgIpc) is 2.48. The Hall–Kier alpha value is -1.75. The molecule has 1 aromatic rings. The van der Waals surface area contributed by atoms with E-state index in [4.69, 9.17) is 0 Å². The summed E-state index contributed by atoms with van der Waals surface area (Å²) >= 11 is 1.44. The minimum Gasteiger partial charge on any atom is -0.324 e. The standard InChI is InChI=1S/C15H18N2O2S/c1-3-12-4-6-13(7-5-12)16-15(19)11(2)17-8-9-20-10-14(17)18/h4-9,11H,3,10H2,1-2H3,(H,16,19). The molecular formula is C15H18N2O2S. The maximum absolute atomic E-state index is 12.2. The highest BCUT2D eigenvalue weighted by Crippen LogP contribution is 2.16. The number of benzene rings is 1. The van der Waals surface area contributed by atoms with Gasteiger partial charge in [-0.15, -0.1) is 11.8 Å². The van der Waals surface area contributed by atoms with Crippen LogP contribution in [0.5, 0.6) is 0 Å². The van der Waals surface area contributed by atoms with E-state index < -0.39 is 6.04 Å². The molecule has 4 nitrogen and oxygen atoms in total. The molecule has 0 spiro atoms. The molecule has 2 amide bonds. The van der Waals surface area contributed by atoms with Crippen LogP contribution in [0.4, 0.5) is 5.69 Å². The smallest absolute Gasteiger partial charge is 0.247 e. The molecule has 0 aliphatic carbocycles. The molecule has 2 rings (SSSR count). The fourth-order valence-corrected chi connectivity index (χ4v) is 2.53. The molecule has 0 saturated carbocycles. The highest BCUT2D eigenvalue weighted by atomic mass is 32.2. The number of carbonyl (C=O) groups excluding carboxylic acids is 2. The van der Waals surface area contributed by atoms with Gasteiger partial charge in [0, 0.05) is 11.9 Å². The van der Waals surface area contributed by atoms with E-state index in [9.17, 15) is 9.59 Å². The van der Waals surface area contributed by atoms with E-state index in [-0.39, 0.29) is 11.8 Å². The Balaban J connectivity index is 2.01. The van der Waals surface area contributed by atoms with Crippen LogP contribution < -0.4 is 5.32 Å². The Morgan fingerprint density at radius 3 is 2.70 bits per heavy atom. The Labute approximate surface area is 123 Å². The van der Waals surface area contributed by atoms with Crippen molar-refractivity contribution in [3.05, 3.63) is 41.4 Å². The number of thioether (sulfide) groups is 1. The molecule has 1 unspecified atom stereocenters. The number of amides is 2. The summed E-state index contributed by atoms with van der Waals surface area (Å²) in [5, 5.41) is 4.67. The minimum absolute atomic E-state index is 0.0403. The molecule has 1 atom stereocenters. The molecule has 106 valence electrons. The van der Waals surface area contributed by atoms with E-state index in [2.05, 4.69) is 12.2 Å². The third kappa shape index (κ3) is 3.42. The summed E-state index contributed by atoms with van der Waals surface area (Å²) in [7, 11) is 0. The number of hydrogen-bond acceptors (Lipinski definition) is 3. The van der Waals surface area contributed by atoms with E-state index in [0.717, 1.165) is 12.1 Å². The number of anilines is 1. The monoisotopic (exact) mass is 290 g/mol. The number of nitrogens with one attached hydrogen (secondary N) is 1. The lowest BCUT2D eigenvalue weighted by Crippen LogP contribution is -2.44. The predicted molar refractivity (Wildman–Crippen MR) is 82.4 cm³/mol. The van der Waals surface area contributed by atoms with Gasteiger partial charge < -0.3 is 10.2 Å². The average molecular weight is 290 g/mol. The number of carbonyl (C=O) groups is 2. The van der Waals surface area contributed by atoms with Crippen LogP contribution in [0.2, 0.25) is 0 Å². The normalized spacial score (nSPS) is 16.1. The summed E-state index contributed by atoms with van der Waals surface area (Å²) in [5.74, 6) is 0.167. The predicted octanol–water partition coefficient (Wildman–Crippen LogP) is 2.62. The Bertz CT molecular complexity index is 525. The van der Waals surface area contributed by atoms with Crippen molar-refractivity contribution in [3.8, 4) is 0 Å². The highest BCUT2D eigenvalue weighted by Gasteiger charge is 2.25. The number of hydrogen-bond donors (Lipinski definition) is 1. The quantitative estimate of drug-likeness (QED) is 0.927. The zero-order valence-electron chi connectivity index (χ0n) is 11.6. The van der Waals surface area contributed by atoms with E-state index >= 15 is 0 Å². The molecule has 0 saturated heterocycles. The van der Waals surface area contributed by atoms with Gasteiger partial charge in [-0.3, -0.25) is 9.59 Å². The lowest BCUT2D eigenvalue weighted by molar-refractivity contribution is -0.133. The Morgan fingerprint density at radius 2 is 2.10 bits per heavy atom. The first-order valence-corrected chi connectivity index (χ1v) is 7.66. The molecule has 0 bridgehead atoms. The van der Waals surface area contributed by atoms with Crippen molar-refractivity contribution < 1.29 is 9.59 Å². The van der Waals surface area contributed by atoms with Crippen LogP contribution in [0.15, 0.2) is 35.9 Å². The van der Waals surface area contributed by atoms with E-state index in [1.54, 1.807) is 13.1 Å². The van der Waals surface area contributed by atoms with Crippen LogP contribution in [0.1, 0.15) is 19.4 Å². The number of nitrogens with zero attached hydrogens (tertiary/aromatic N) is 1. The summed E-state index contributed by atoms with van der Waals surface area (Å²) < 4.78 is 0. The minimum atomic E-state index is -0.509. The molecule has 1 aliphatic rings. The van der Waals surface area contributed by atoms with Gasteiger partial charge >= 0.3 is 0 Å². The van der Waals surface area contributed by atoms with Crippen LogP contribution in [0, 0.1) is 0 Å². The van der Waals surface area contributed by atoms with Gasteiger partial charge in [0.25, 0.3) is 0 Å². The van der Waals surface area contributed by atoms with Crippen molar-refractivity contribution in [1.29, 1.82) is 0 Å². The summed E-state index contributed by atoms with van der Waals surface area (Å²) in [6, 6.07) is 7.23. The van der Waals surface area contributed by atoms with Crippen LogP contribution in [-0.2, 0) is 16.0 Å². The fraction of sp³-hybridized carbons (Fsp3) is 0.333. The zero-order valence-corrected chi connectivity index (χ0v) is 12.4. The van der Waals surface area contributed by atoms with Crippen molar-refractivity contribution in [1.82, 2.24) is 4.90 Å². The van der Waals surface area contributed by atoms with Gasteiger partial charge in [0.15, 0.2) is 0 Å². The van der Waals surface area contributed by atoms with Gasteiger partial charge in [-0.2, -0.15) is 0 Å². The summed E-state index contributed by atoms with van der Waals surface area (Å²) in [6.45, 7) is 3.82. The second-order valence-electron chi connectivity index (χ2n) is 4.61. The van der Waals surface area contributed by atoms with Crippen LogP contribution in [0.3, 0.4) is 0 Å². The van der Waals surface area contributed by atoms with Gasteiger partial charge in [0.1, 0.15) is 6.04 Å². The highest BCUT2D eigenvalue weighted by molar-refractivity contribution is 8.02. The largest absolute Gasteiger partial charge is 0.324 e. The molecule has 20 heavy (non-hydrogen) atoms. The maximum Gasteiger partial charge on any atom is 0.247 e. The lowest BCUT2D eigenvalue weighted by Gasteiger charge is -2.26. The van der Waals surface area contributed by atoms with Crippen LogP contribution in [0.25, 0.3) is 0 Å². The molecule has 0 fully saturated rings. The zero-order chi connectivity index (χ0) is 14.5. The molecule has 1 aromatic carbocycles. The molecular weight excluding hydrogens is 272 g/mol. The topological polar surface area (TPSA) is 49.4 Å². The van der Waals surface area contributed by atoms with Gasteiger partial charge in [-0.1, -0.05) is 19.1 Å².